The fourth-order valence-electron chi connectivity index (χ4n) is 5.61. The Morgan fingerprint density at radius 2 is 0.983 bits per heavy atom. The predicted molar refractivity (Wildman–Crippen MR) is 245 cm³/mol. The van der Waals surface area contributed by atoms with Crippen molar-refractivity contribution in [1.29, 1.82) is 0 Å². The van der Waals surface area contributed by atoms with E-state index >= 15 is 0 Å². The molecule has 0 heterocycles. The minimum absolute atomic E-state index is 0.125. The summed E-state index contributed by atoms with van der Waals surface area (Å²) < 4.78 is 25.5. The molecule has 0 radical (unpaired) electrons. The molecule has 0 aliphatic rings. The van der Waals surface area contributed by atoms with Crippen molar-refractivity contribution in [1.82, 2.24) is 10.6 Å². The monoisotopic (exact) mass is 820 g/mol. The third kappa shape index (κ3) is 20.5. The van der Waals surface area contributed by atoms with Crippen LogP contribution in [0, 0.1) is 11.6 Å². The number of aliphatic imine (C=N–C) groups is 1. The average molecular weight is 820 g/mol. The minimum Gasteiger partial charge on any atom is -0.338 e. The average Bonchev–Trinajstić information content (AvgIpc) is 3.19. The standard InChI is InChI=1S/C20H25FN2O.C12H15NO.C11H17N.C8H10FN/c1-20(2,3)17-9-7-16(8-10-17)14-23-19(24)22-12-11-15-5-4-6-18(21)13-15;1-12(2,3)11-6-4-10(5-7-11)8-13-9-14;1-11(2,3)10-6-4-9(8-12)5-7-10;9-8-3-1-2-7(6-8)4-5-10/h4-10,13H,11-12,14H2,1-3H3,(H2,22,23,24);4-7H,8H2,1-3H3;4-7H,8,12H2,1-3H3;1-3,6H,4-5,10H2. The van der Waals surface area contributed by atoms with Crippen LogP contribution >= 0.6 is 0 Å². The minimum atomic E-state index is -0.254. The molecule has 2 amide bonds. The lowest BCUT2D eigenvalue weighted by atomic mass is 9.87. The third-order valence-electron chi connectivity index (χ3n) is 9.39. The van der Waals surface area contributed by atoms with Gasteiger partial charge in [0.25, 0.3) is 0 Å². The first kappa shape index (κ1) is 50.7. The molecule has 0 unspecified atom stereocenters. The van der Waals surface area contributed by atoms with Crippen LogP contribution in [0.5, 0.6) is 0 Å². The maximum absolute atomic E-state index is 13.1. The number of halogens is 2. The van der Waals surface area contributed by atoms with Crippen LogP contribution in [0.1, 0.15) is 107 Å². The summed E-state index contributed by atoms with van der Waals surface area (Å²) in [4.78, 5) is 25.2. The highest BCUT2D eigenvalue weighted by Crippen LogP contribution is 2.24. The molecule has 0 saturated heterocycles. The molecule has 6 N–H and O–H groups in total. The lowest BCUT2D eigenvalue weighted by molar-refractivity contribution is 0.240. The molecule has 5 aromatic rings. The molecule has 0 aliphatic heterocycles. The summed E-state index contributed by atoms with van der Waals surface area (Å²) in [6.07, 6.45) is 2.89. The lowest BCUT2D eigenvalue weighted by Crippen LogP contribution is -2.36. The highest BCUT2D eigenvalue weighted by atomic mass is 19.1. The largest absolute Gasteiger partial charge is 0.338 e. The first-order valence-corrected chi connectivity index (χ1v) is 20.5. The normalized spacial score (nSPS) is 10.9. The fraction of sp³-hybridized carbons (Fsp3) is 0.373. The van der Waals surface area contributed by atoms with Crippen LogP contribution < -0.4 is 22.1 Å². The molecule has 60 heavy (non-hydrogen) atoms. The first-order valence-electron chi connectivity index (χ1n) is 20.5. The number of rotatable bonds is 10. The van der Waals surface area contributed by atoms with E-state index in [1.807, 2.05) is 36.4 Å². The Bertz CT molecular complexity index is 2040. The number of carbonyl (C=O) groups excluding carboxylic acids is 2. The van der Waals surface area contributed by atoms with Gasteiger partial charge < -0.3 is 22.1 Å². The Labute approximate surface area is 358 Å². The quantitative estimate of drug-likeness (QED) is 0.0828. The van der Waals surface area contributed by atoms with Crippen LogP contribution in [0.25, 0.3) is 0 Å². The number of amides is 2. The smallest absolute Gasteiger partial charge is 0.315 e. The van der Waals surface area contributed by atoms with E-state index in [0.717, 1.165) is 28.7 Å². The zero-order valence-electron chi connectivity index (χ0n) is 37.2. The van der Waals surface area contributed by atoms with Gasteiger partial charge in [0.05, 0.1) is 6.54 Å². The topological polar surface area (TPSA) is 123 Å². The second kappa shape index (κ2) is 25.2. The van der Waals surface area contributed by atoms with E-state index in [1.54, 1.807) is 12.1 Å². The van der Waals surface area contributed by atoms with Gasteiger partial charge in [0.15, 0.2) is 0 Å². The second-order valence-electron chi connectivity index (χ2n) is 17.6. The van der Waals surface area contributed by atoms with Crippen molar-refractivity contribution >= 4 is 12.1 Å². The van der Waals surface area contributed by atoms with Gasteiger partial charge in [-0.1, -0.05) is 159 Å². The van der Waals surface area contributed by atoms with Crippen molar-refractivity contribution in [2.45, 2.75) is 111 Å². The Hall–Kier alpha value is -5.47. The van der Waals surface area contributed by atoms with Gasteiger partial charge in [0.2, 0.25) is 6.08 Å². The lowest BCUT2D eigenvalue weighted by Gasteiger charge is -2.19. The summed E-state index contributed by atoms with van der Waals surface area (Å²) in [6.45, 7) is 22.3. The maximum Gasteiger partial charge on any atom is 0.315 e. The second-order valence-corrected chi connectivity index (χ2v) is 17.6. The van der Waals surface area contributed by atoms with Crippen molar-refractivity contribution in [2.24, 2.45) is 16.5 Å². The molecule has 9 heteroatoms. The molecule has 0 bridgehead atoms. The highest BCUT2D eigenvalue weighted by molar-refractivity contribution is 5.73. The van der Waals surface area contributed by atoms with E-state index in [9.17, 15) is 18.4 Å². The molecule has 0 spiro atoms. The van der Waals surface area contributed by atoms with Gasteiger partial charge in [-0.15, -0.1) is 0 Å². The summed E-state index contributed by atoms with van der Waals surface area (Å²) in [6, 6.07) is 37.6. The van der Waals surface area contributed by atoms with Crippen molar-refractivity contribution in [2.75, 3.05) is 13.1 Å². The molecule has 0 saturated carbocycles. The molecule has 0 aromatic heterocycles. The number of carbonyl (C=O) groups is 1. The predicted octanol–water partition coefficient (Wildman–Crippen LogP) is 10.8. The summed E-state index contributed by atoms with van der Waals surface area (Å²) in [5.74, 6) is -0.443. The fourth-order valence-corrected chi connectivity index (χ4v) is 5.61. The number of benzene rings is 5. The highest BCUT2D eigenvalue weighted by Gasteiger charge is 2.14. The number of isocyanates is 1. The summed E-state index contributed by atoms with van der Waals surface area (Å²) in [5.41, 5.74) is 20.4. The van der Waals surface area contributed by atoms with Gasteiger partial charge in [-0.05, 0) is 104 Å². The van der Waals surface area contributed by atoms with Gasteiger partial charge in [0, 0.05) is 19.6 Å². The van der Waals surface area contributed by atoms with Crippen LogP contribution in [0.4, 0.5) is 13.6 Å². The van der Waals surface area contributed by atoms with Crippen LogP contribution in [-0.4, -0.2) is 25.2 Å². The van der Waals surface area contributed by atoms with E-state index in [-0.39, 0.29) is 33.9 Å². The van der Waals surface area contributed by atoms with Crippen LogP contribution in [0.3, 0.4) is 0 Å². The van der Waals surface area contributed by atoms with Gasteiger partial charge in [0.1, 0.15) is 11.6 Å². The number of nitrogens with one attached hydrogen (secondary N) is 2. The molecule has 0 atom stereocenters. The van der Waals surface area contributed by atoms with Crippen molar-refractivity contribution < 1.29 is 18.4 Å². The van der Waals surface area contributed by atoms with Gasteiger partial charge in [-0.2, -0.15) is 0 Å². The molecule has 5 rings (SSSR count). The van der Waals surface area contributed by atoms with Gasteiger partial charge in [-0.25, -0.2) is 23.4 Å². The van der Waals surface area contributed by atoms with E-state index in [4.69, 9.17) is 11.5 Å². The molecule has 7 nitrogen and oxygen atoms in total. The maximum atomic E-state index is 13.1. The summed E-state index contributed by atoms with van der Waals surface area (Å²) in [7, 11) is 0. The Morgan fingerprint density at radius 3 is 1.37 bits per heavy atom. The van der Waals surface area contributed by atoms with Crippen molar-refractivity contribution in [3.63, 3.8) is 0 Å². The zero-order valence-corrected chi connectivity index (χ0v) is 37.2. The Balaban J connectivity index is 0.000000295. The SMILES string of the molecule is CC(C)(C)c1ccc(CN)cc1.CC(C)(C)c1ccc(CN=C=O)cc1.CC(C)(C)c1ccc(CNC(=O)NCCc2cccc(F)c2)cc1.NCCc1cccc(F)c1. The van der Waals surface area contributed by atoms with Crippen LogP contribution in [-0.2, 0) is 53.5 Å². The van der Waals surface area contributed by atoms with Crippen molar-refractivity contribution in [3.8, 4) is 0 Å². The van der Waals surface area contributed by atoms with Crippen molar-refractivity contribution in [3.05, 3.63) is 177 Å². The molecule has 0 aliphatic carbocycles. The van der Waals surface area contributed by atoms with Crippen LogP contribution in [0.15, 0.2) is 126 Å². The number of hydrogen-bond acceptors (Lipinski definition) is 5. The van der Waals surface area contributed by atoms with E-state index < -0.39 is 0 Å². The molecule has 0 fully saturated rings. The van der Waals surface area contributed by atoms with Crippen LogP contribution in [0.2, 0.25) is 0 Å². The molecule has 322 valence electrons. The molecular formula is C51H67F2N5O2. The van der Waals surface area contributed by atoms with E-state index in [0.29, 0.717) is 39.1 Å². The number of nitrogens with two attached hydrogens (primary N) is 2. The number of nitrogens with zero attached hydrogens (tertiary/aromatic N) is 1. The van der Waals surface area contributed by atoms with E-state index in [1.165, 1.54) is 52.6 Å². The summed E-state index contributed by atoms with van der Waals surface area (Å²) in [5, 5.41) is 5.61. The number of urea groups is 1. The van der Waals surface area contributed by atoms with Gasteiger partial charge >= 0.3 is 6.03 Å². The molecule has 5 aromatic carbocycles. The Kier molecular flexibility index (Phi) is 21.3. The van der Waals surface area contributed by atoms with Gasteiger partial charge in [-0.3, -0.25) is 0 Å². The first-order chi connectivity index (χ1) is 28.2. The third-order valence-corrected chi connectivity index (χ3v) is 9.39. The molecular weight excluding hydrogens is 753 g/mol. The summed E-state index contributed by atoms with van der Waals surface area (Å²) >= 11 is 0. The number of hydrogen-bond donors (Lipinski definition) is 4. The van der Waals surface area contributed by atoms with E-state index in [2.05, 4.69) is 126 Å². The Morgan fingerprint density at radius 1 is 0.567 bits per heavy atom. The zero-order chi connectivity index (χ0) is 44.8.